The second kappa shape index (κ2) is 8.44. The van der Waals surface area contributed by atoms with E-state index in [1.807, 2.05) is 4.90 Å². The van der Waals surface area contributed by atoms with Crippen LogP contribution in [0.3, 0.4) is 0 Å². The van der Waals surface area contributed by atoms with Gasteiger partial charge < -0.3 is 10.2 Å². The molecule has 0 saturated carbocycles. The fourth-order valence-corrected chi connectivity index (χ4v) is 3.41. The Bertz CT molecular complexity index is 439. The molecule has 1 aromatic carbocycles. The van der Waals surface area contributed by atoms with Gasteiger partial charge in [0, 0.05) is 18.0 Å². The second-order valence-electron chi connectivity index (χ2n) is 5.73. The lowest BCUT2D eigenvalue weighted by Crippen LogP contribution is -2.41. The summed E-state index contributed by atoms with van der Waals surface area (Å²) >= 11 is 1.64. The molecule has 4 heteroatoms. The average Bonchev–Trinajstić information content (AvgIpc) is 2.52. The Balaban J connectivity index is 1.71. The van der Waals surface area contributed by atoms with Crippen molar-refractivity contribution in [3.8, 4) is 0 Å². The highest BCUT2D eigenvalue weighted by Crippen LogP contribution is 2.21. The molecule has 3 nitrogen and oxygen atoms in total. The lowest BCUT2D eigenvalue weighted by Gasteiger charge is -2.32. The first-order chi connectivity index (χ1) is 10.2. The van der Waals surface area contributed by atoms with Crippen LogP contribution in [0.4, 0.5) is 0 Å². The first kappa shape index (κ1) is 16.4. The zero-order valence-corrected chi connectivity index (χ0v) is 13.9. The van der Waals surface area contributed by atoms with E-state index in [1.54, 1.807) is 11.8 Å². The molecule has 1 fully saturated rings. The monoisotopic (exact) mass is 306 g/mol. The molecule has 0 unspecified atom stereocenters. The van der Waals surface area contributed by atoms with Gasteiger partial charge in [0.2, 0.25) is 5.91 Å². The number of amides is 1. The van der Waals surface area contributed by atoms with Crippen molar-refractivity contribution in [3.63, 3.8) is 0 Å². The lowest BCUT2D eigenvalue weighted by atomic mass is 9.97. The van der Waals surface area contributed by atoms with Crippen LogP contribution in [0.5, 0.6) is 0 Å². The quantitative estimate of drug-likeness (QED) is 0.820. The lowest BCUT2D eigenvalue weighted by molar-refractivity contribution is -0.129. The molecular weight excluding hydrogens is 280 g/mol. The molecule has 21 heavy (non-hydrogen) atoms. The van der Waals surface area contributed by atoms with Gasteiger partial charge in [0.25, 0.3) is 0 Å². The molecule has 1 N–H and O–H groups in total. The Hall–Kier alpha value is -1.00. The zero-order valence-electron chi connectivity index (χ0n) is 13.1. The van der Waals surface area contributed by atoms with Gasteiger partial charge in [0.15, 0.2) is 0 Å². The molecule has 1 heterocycles. The van der Waals surface area contributed by atoms with Gasteiger partial charge in [-0.3, -0.25) is 4.79 Å². The molecule has 1 aliphatic rings. The SMILES string of the molecule is CCNCC1CCN(C(=O)CSc2ccc(C)cc2)CC1. The first-order valence-corrected chi connectivity index (χ1v) is 8.85. The van der Waals surface area contributed by atoms with E-state index < -0.39 is 0 Å². The summed E-state index contributed by atoms with van der Waals surface area (Å²) in [6, 6.07) is 8.38. The number of benzene rings is 1. The van der Waals surface area contributed by atoms with Gasteiger partial charge in [-0.15, -0.1) is 11.8 Å². The van der Waals surface area contributed by atoms with Crippen molar-refractivity contribution < 1.29 is 4.79 Å². The standard InChI is InChI=1S/C17H26N2OS/c1-3-18-12-15-8-10-19(11-9-15)17(20)13-21-16-6-4-14(2)5-7-16/h4-7,15,18H,3,8-13H2,1-2H3. The number of thioether (sulfide) groups is 1. The maximum absolute atomic E-state index is 12.2. The number of carbonyl (C=O) groups excluding carboxylic acids is 1. The van der Waals surface area contributed by atoms with Crippen molar-refractivity contribution in [1.82, 2.24) is 10.2 Å². The highest BCUT2D eigenvalue weighted by molar-refractivity contribution is 8.00. The van der Waals surface area contributed by atoms with Crippen LogP contribution < -0.4 is 5.32 Å². The third kappa shape index (κ3) is 5.36. The molecule has 0 aliphatic carbocycles. The van der Waals surface area contributed by atoms with E-state index >= 15 is 0 Å². The van der Waals surface area contributed by atoms with E-state index in [-0.39, 0.29) is 5.91 Å². The predicted octanol–water partition coefficient (Wildman–Crippen LogP) is 2.94. The van der Waals surface area contributed by atoms with E-state index in [0.29, 0.717) is 5.75 Å². The molecule has 1 amide bonds. The van der Waals surface area contributed by atoms with Crippen molar-refractivity contribution in [3.05, 3.63) is 29.8 Å². The Morgan fingerprint density at radius 1 is 1.29 bits per heavy atom. The summed E-state index contributed by atoms with van der Waals surface area (Å²) < 4.78 is 0. The van der Waals surface area contributed by atoms with E-state index in [4.69, 9.17) is 0 Å². The number of piperidine rings is 1. The summed E-state index contributed by atoms with van der Waals surface area (Å²) in [5, 5.41) is 3.41. The Morgan fingerprint density at radius 3 is 2.57 bits per heavy atom. The molecular formula is C17H26N2OS. The highest BCUT2D eigenvalue weighted by Gasteiger charge is 2.22. The summed E-state index contributed by atoms with van der Waals surface area (Å²) in [6.07, 6.45) is 2.27. The molecule has 0 atom stereocenters. The second-order valence-corrected chi connectivity index (χ2v) is 6.78. The van der Waals surface area contributed by atoms with Crippen molar-refractivity contribution in [1.29, 1.82) is 0 Å². The van der Waals surface area contributed by atoms with Crippen LogP contribution in [-0.4, -0.2) is 42.7 Å². The molecule has 0 aromatic heterocycles. The summed E-state index contributed by atoms with van der Waals surface area (Å²) in [6.45, 7) is 8.19. The number of carbonyl (C=O) groups is 1. The number of rotatable bonds is 6. The van der Waals surface area contributed by atoms with Gasteiger partial charge in [-0.05, 0) is 50.9 Å². The molecule has 0 bridgehead atoms. The number of hydrogen-bond acceptors (Lipinski definition) is 3. The Morgan fingerprint density at radius 2 is 1.95 bits per heavy atom. The van der Waals surface area contributed by atoms with E-state index in [0.717, 1.165) is 44.9 Å². The minimum absolute atomic E-state index is 0.280. The molecule has 1 saturated heterocycles. The molecule has 0 spiro atoms. The largest absolute Gasteiger partial charge is 0.342 e. The van der Waals surface area contributed by atoms with Gasteiger partial charge in [-0.25, -0.2) is 0 Å². The molecule has 1 aromatic rings. The van der Waals surface area contributed by atoms with Crippen molar-refractivity contribution >= 4 is 17.7 Å². The number of hydrogen-bond donors (Lipinski definition) is 1. The normalized spacial score (nSPS) is 16.2. The van der Waals surface area contributed by atoms with Crippen LogP contribution >= 0.6 is 11.8 Å². The van der Waals surface area contributed by atoms with Crippen LogP contribution in [-0.2, 0) is 4.79 Å². The van der Waals surface area contributed by atoms with E-state index in [2.05, 4.69) is 43.4 Å². The highest BCUT2D eigenvalue weighted by atomic mass is 32.2. The van der Waals surface area contributed by atoms with Crippen molar-refractivity contribution in [2.75, 3.05) is 31.9 Å². The molecule has 2 rings (SSSR count). The Kier molecular flexibility index (Phi) is 6.58. The predicted molar refractivity (Wildman–Crippen MR) is 89.8 cm³/mol. The number of aryl methyl sites for hydroxylation is 1. The van der Waals surface area contributed by atoms with Crippen LogP contribution in [0.2, 0.25) is 0 Å². The van der Waals surface area contributed by atoms with Crippen molar-refractivity contribution in [2.24, 2.45) is 5.92 Å². The van der Waals surface area contributed by atoms with Gasteiger partial charge in [0.05, 0.1) is 5.75 Å². The summed E-state index contributed by atoms with van der Waals surface area (Å²) in [5.41, 5.74) is 1.26. The topological polar surface area (TPSA) is 32.3 Å². The maximum Gasteiger partial charge on any atom is 0.232 e. The Labute approximate surface area is 132 Å². The minimum atomic E-state index is 0.280. The first-order valence-electron chi connectivity index (χ1n) is 7.87. The molecule has 116 valence electrons. The van der Waals surface area contributed by atoms with Crippen LogP contribution in [0, 0.1) is 12.8 Å². The minimum Gasteiger partial charge on any atom is -0.342 e. The van der Waals surface area contributed by atoms with Crippen LogP contribution in [0.15, 0.2) is 29.2 Å². The zero-order chi connectivity index (χ0) is 15.1. The fraction of sp³-hybridized carbons (Fsp3) is 0.588. The summed E-state index contributed by atoms with van der Waals surface area (Å²) in [5.74, 6) is 1.57. The maximum atomic E-state index is 12.2. The van der Waals surface area contributed by atoms with E-state index in [1.165, 1.54) is 10.5 Å². The smallest absolute Gasteiger partial charge is 0.232 e. The number of likely N-dealkylation sites (tertiary alicyclic amines) is 1. The van der Waals surface area contributed by atoms with Crippen LogP contribution in [0.25, 0.3) is 0 Å². The fourth-order valence-electron chi connectivity index (χ4n) is 2.61. The molecule has 0 radical (unpaired) electrons. The molecule has 1 aliphatic heterocycles. The summed E-state index contributed by atoms with van der Waals surface area (Å²) in [4.78, 5) is 15.5. The number of nitrogens with one attached hydrogen (secondary N) is 1. The van der Waals surface area contributed by atoms with E-state index in [9.17, 15) is 4.79 Å². The third-order valence-electron chi connectivity index (χ3n) is 4.03. The van der Waals surface area contributed by atoms with Gasteiger partial charge in [-0.2, -0.15) is 0 Å². The summed E-state index contributed by atoms with van der Waals surface area (Å²) in [7, 11) is 0. The van der Waals surface area contributed by atoms with Gasteiger partial charge >= 0.3 is 0 Å². The average molecular weight is 306 g/mol. The third-order valence-corrected chi connectivity index (χ3v) is 5.03. The van der Waals surface area contributed by atoms with Crippen molar-refractivity contribution in [2.45, 2.75) is 31.6 Å². The van der Waals surface area contributed by atoms with Crippen LogP contribution in [0.1, 0.15) is 25.3 Å². The van der Waals surface area contributed by atoms with Gasteiger partial charge in [-0.1, -0.05) is 24.6 Å². The van der Waals surface area contributed by atoms with Gasteiger partial charge in [0.1, 0.15) is 0 Å². The number of nitrogens with zero attached hydrogens (tertiary/aromatic N) is 1.